The molecule has 0 radical (unpaired) electrons. The summed E-state index contributed by atoms with van der Waals surface area (Å²) in [5.74, 6) is -0.343. The number of anilines is 1. The third-order valence-corrected chi connectivity index (χ3v) is 2.91. The Morgan fingerprint density at radius 1 is 1.21 bits per heavy atom. The molecular weight excluding hydrogens is 240 g/mol. The topological polar surface area (TPSA) is 51.2 Å². The fraction of sp³-hybridized carbons (Fsp3) is 0.200. The highest BCUT2D eigenvalue weighted by Crippen LogP contribution is 2.22. The van der Waals surface area contributed by atoms with Crippen LogP contribution >= 0.6 is 0 Å². The molecule has 0 saturated heterocycles. The van der Waals surface area contributed by atoms with Gasteiger partial charge in [-0.05, 0) is 36.8 Å². The number of pyridine rings is 1. The van der Waals surface area contributed by atoms with Crippen molar-refractivity contribution in [2.45, 2.75) is 13.0 Å². The largest absolute Gasteiger partial charge is 0.465 e. The van der Waals surface area contributed by atoms with Crippen molar-refractivity contribution in [2.75, 3.05) is 12.4 Å². The van der Waals surface area contributed by atoms with Crippen molar-refractivity contribution in [3.63, 3.8) is 0 Å². The van der Waals surface area contributed by atoms with Crippen molar-refractivity contribution >= 4 is 11.7 Å². The molecule has 0 spiro atoms. The molecule has 1 atom stereocenters. The third-order valence-electron chi connectivity index (χ3n) is 2.91. The third kappa shape index (κ3) is 3.10. The SMILES string of the molecule is COC(=O)c1ccccc1NC(C)c1ccncc1. The van der Waals surface area contributed by atoms with Crippen molar-refractivity contribution in [1.82, 2.24) is 4.98 Å². The van der Waals surface area contributed by atoms with Gasteiger partial charge in [-0.15, -0.1) is 0 Å². The predicted molar refractivity (Wildman–Crippen MR) is 74.1 cm³/mol. The molecule has 4 heteroatoms. The number of methoxy groups -OCH3 is 1. The van der Waals surface area contributed by atoms with Crippen LogP contribution in [0.3, 0.4) is 0 Å². The van der Waals surface area contributed by atoms with Gasteiger partial charge in [-0.2, -0.15) is 0 Å². The van der Waals surface area contributed by atoms with Gasteiger partial charge >= 0.3 is 5.97 Å². The zero-order chi connectivity index (χ0) is 13.7. The number of hydrogen-bond donors (Lipinski definition) is 1. The van der Waals surface area contributed by atoms with Crippen molar-refractivity contribution in [3.8, 4) is 0 Å². The van der Waals surface area contributed by atoms with E-state index in [1.807, 2.05) is 37.3 Å². The van der Waals surface area contributed by atoms with E-state index in [1.54, 1.807) is 18.5 Å². The number of nitrogens with zero attached hydrogens (tertiary/aromatic N) is 1. The van der Waals surface area contributed by atoms with Crippen LogP contribution in [0, 0.1) is 0 Å². The van der Waals surface area contributed by atoms with Crippen LogP contribution in [0.1, 0.15) is 28.9 Å². The maximum atomic E-state index is 11.7. The predicted octanol–water partition coefficient (Wildman–Crippen LogP) is 3.04. The van der Waals surface area contributed by atoms with Gasteiger partial charge in [0.15, 0.2) is 0 Å². The molecule has 4 nitrogen and oxygen atoms in total. The molecule has 1 N–H and O–H groups in total. The molecule has 19 heavy (non-hydrogen) atoms. The fourth-order valence-corrected chi connectivity index (χ4v) is 1.87. The Hall–Kier alpha value is -2.36. The maximum Gasteiger partial charge on any atom is 0.339 e. The van der Waals surface area contributed by atoms with Gasteiger partial charge in [-0.3, -0.25) is 4.98 Å². The van der Waals surface area contributed by atoms with Crippen LogP contribution in [0.25, 0.3) is 0 Å². The Kier molecular flexibility index (Phi) is 4.13. The molecule has 0 aliphatic heterocycles. The van der Waals surface area contributed by atoms with Gasteiger partial charge in [0.05, 0.1) is 12.7 Å². The lowest BCUT2D eigenvalue weighted by atomic mass is 10.1. The number of hydrogen-bond acceptors (Lipinski definition) is 4. The van der Waals surface area contributed by atoms with Gasteiger partial charge in [0.1, 0.15) is 0 Å². The lowest BCUT2D eigenvalue weighted by Crippen LogP contribution is -2.11. The van der Waals surface area contributed by atoms with E-state index in [9.17, 15) is 4.79 Å². The summed E-state index contributed by atoms with van der Waals surface area (Å²) in [7, 11) is 1.38. The standard InChI is InChI=1S/C15H16N2O2/c1-11(12-7-9-16-10-8-12)17-14-6-4-3-5-13(14)15(18)19-2/h3-11,17H,1-2H3. The van der Waals surface area contributed by atoms with Gasteiger partial charge in [0.2, 0.25) is 0 Å². The quantitative estimate of drug-likeness (QED) is 0.854. The monoisotopic (exact) mass is 256 g/mol. The molecule has 1 aromatic carbocycles. The highest BCUT2D eigenvalue weighted by Gasteiger charge is 2.13. The summed E-state index contributed by atoms with van der Waals surface area (Å²) in [4.78, 5) is 15.7. The van der Waals surface area contributed by atoms with Gasteiger partial charge in [0, 0.05) is 24.1 Å². The van der Waals surface area contributed by atoms with Crippen LogP contribution in [0.4, 0.5) is 5.69 Å². The Bertz CT molecular complexity index is 555. The highest BCUT2D eigenvalue weighted by molar-refractivity contribution is 5.95. The first kappa shape index (κ1) is 13.1. The smallest absolute Gasteiger partial charge is 0.339 e. The summed E-state index contributed by atoms with van der Waals surface area (Å²) in [6.07, 6.45) is 3.50. The summed E-state index contributed by atoms with van der Waals surface area (Å²) in [5, 5.41) is 3.31. The van der Waals surface area contributed by atoms with Gasteiger partial charge in [0.25, 0.3) is 0 Å². The lowest BCUT2D eigenvalue weighted by Gasteiger charge is -2.17. The van der Waals surface area contributed by atoms with Crippen molar-refractivity contribution < 1.29 is 9.53 Å². The van der Waals surface area contributed by atoms with E-state index in [-0.39, 0.29) is 12.0 Å². The van der Waals surface area contributed by atoms with E-state index >= 15 is 0 Å². The van der Waals surface area contributed by atoms with Crippen LogP contribution in [0.5, 0.6) is 0 Å². The van der Waals surface area contributed by atoms with Crippen LogP contribution < -0.4 is 5.32 Å². The van der Waals surface area contributed by atoms with E-state index in [2.05, 4.69) is 10.3 Å². The van der Waals surface area contributed by atoms with Gasteiger partial charge in [-0.1, -0.05) is 12.1 Å². The van der Waals surface area contributed by atoms with Crippen LogP contribution in [-0.2, 0) is 4.74 Å². The second-order valence-electron chi connectivity index (χ2n) is 4.18. The zero-order valence-electron chi connectivity index (χ0n) is 11.0. The first-order chi connectivity index (χ1) is 9.22. The average Bonchev–Trinajstić information content (AvgIpc) is 2.48. The average molecular weight is 256 g/mol. The Morgan fingerprint density at radius 3 is 2.58 bits per heavy atom. The molecule has 1 heterocycles. The maximum absolute atomic E-state index is 11.7. The molecule has 98 valence electrons. The summed E-state index contributed by atoms with van der Waals surface area (Å²) in [6.45, 7) is 2.03. The van der Waals surface area contributed by atoms with Gasteiger partial charge in [-0.25, -0.2) is 4.79 Å². The number of benzene rings is 1. The zero-order valence-corrected chi connectivity index (χ0v) is 11.0. The van der Waals surface area contributed by atoms with Crippen LogP contribution in [0.15, 0.2) is 48.8 Å². The van der Waals surface area contributed by atoms with Crippen LogP contribution in [0.2, 0.25) is 0 Å². The number of carbonyl (C=O) groups is 1. The molecule has 2 aromatic rings. The molecule has 0 bridgehead atoms. The molecule has 0 saturated carbocycles. The first-order valence-corrected chi connectivity index (χ1v) is 6.06. The molecule has 0 aliphatic carbocycles. The van der Waals surface area contributed by atoms with E-state index in [0.29, 0.717) is 5.56 Å². The summed E-state index contributed by atoms with van der Waals surface area (Å²) < 4.78 is 4.78. The number of para-hydroxylation sites is 1. The number of rotatable bonds is 4. The normalized spacial score (nSPS) is 11.7. The number of nitrogens with one attached hydrogen (secondary N) is 1. The van der Waals surface area contributed by atoms with Crippen molar-refractivity contribution in [1.29, 1.82) is 0 Å². The number of aromatic nitrogens is 1. The second-order valence-corrected chi connectivity index (χ2v) is 4.18. The Balaban J connectivity index is 2.22. The minimum Gasteiger partial charge on any atom is -0.465 e. The molecule has 2 rings (SSSR count). The molecular formula is C15H16N2O2. The van der Waals surface area contributed by atoms with E-state index in [1.165, 1.54) is 7.11 Å². The molecule has 1 unspecified atom stereocenters. The molecule has 0 fully saturated rings. The van der Waals surface area contributed by atoms with Crippen LogP contribution in [-0.4, -0.2) is 18.1 Å². The van der Waals surface area contributed by atoms with Crippen molar-refractivity contribution in [2.24, 2.45) is 0 Å². The highest BCUT2D eigenvalue weighted by atomic mass is 16.5. The van der Waals surface area contributed by atoms with Gasteiger partial charge < -0.3 is 10.1 Å². The Morgan fingerprint density at radius 2 is 1.89 bits per heavy atom. The van der Waals surface area contributed by atoms with Crippen molar-refractivity contribution in [3.05, 3.63) is 59.9 Å². The first-order valence-electron chi connectivity index (χ1n) is 6.06. The fourth-order valence-electron chi connectivity index (χ4n) is 1.87. The molecule has 0 aliphatic rings. The second kappa shape index (κ2) is 6.00. The summed E-state index contributed by atoms with van der Waals surface area (Å²) >= 11 is 0. The van der Waals surface area contributed by atoms with E-state index in [0.717, 1.165) is 11.3 Å². The van der Waals surface area contributed by atoms with E-state index < -0.39 is 0 Å². The molecule has 1 aromatic heterocycles. The molecule has 0 amide bonds. The summed E-state index contributed by atoms with van der Waals surface area (Å²) in [6, 6.07) is 11.3. The minimum absolute atomic E-state index is 0.0776. The lowest BCUT2D eigenvalue weighted by molar-refractivity contribution is 0.0602. The Labute approximate surface area is 112 Å². The number of ether oxygens (including phenoxy) is 1. The number of esters is 1. The minimum atomic E-state index is -0.343. The van der Waals surface area contributed by atoms with E-state index in [4.69, 9.17) is 4.74 Å². The number of carbonyl (C=O) groups excluding carboxylic acids is 1. The summed E-state index contributed by atoms with van der Waals surface area (Å²) in [5.41, 5.74) is 2.40.